The van der Waals surface area contributed by atoms with E-state index in [9.17, 15) is 9.59 Å². The van der Waals surface area contributed by atoms with E-state index in [1.54, 1.807) is 19.1 Å². The summed E-state index contributed by atoms with van der Waals surface area (Å²) in [5, 5.41) is 0. The average Bonchev–Trinajstić information content (AvgIpc) is 2.97. The van der Waals surface area contributed by atoms with Gasteiger partial charge < -0.3 is 0 Å². The van der Waals surface area contributed by atoms with E-state index >= 15 is 0 Å². The molecule has 0 aliphatic heterocycles. The van der Waals surface area contributed by atoms with Crippen LogP contribution in [0.5, 0.6) is 0 Å². The number of ketones is 2. The zero-order valence-corrected chi connectivity index (χ0v) is 8.07. The summed E-state index contributed by atoms with van der Waals surface area (Å²) in [6, 6.07) is 9.18. The van der Waals surface area contributed by atoms with Gasteiger partial charge in [-0.1, -0.05) is 30.3 Å². The van der Waals surface area contributed by atoms with Gasteiger partial charge in [-0.3, -0.25) is 9.59 Å². The van der Waals surface area contributed by atoms with Crippen LogP contribution in [0.25, 0.3) is 0 Å². The van der Waals surface area contributed by atoms with Crippen molar-refractivity contribution >= 4 is 11.6 Å². The molecule has 2 rings (SSSR count). The van der Waals surface area contributed by atoms with Crippen molar-refractivity contribution in [2.45, 2.75) is 13.3 Å². The molecule has 1 saturated carbocycles. The second-order valence-electron chi connectivity index (χ2n) is 3.79. The summed E-state index contributed by atoms with van der Waals surface area (Å²) >= 11 is 0. The number of carbonyl (C=O) groups is 2. The zero-order valence-electron chi connectivity index (χ0n) is 8.07. The summed E-state index contributed by atoms with van der Waals surface area (Å²) in [4.78, 5) is 22.8. The Bertz CT molecular complexity index is 367. The molecule has 14 heavy (non-hydrogen) atoms. The third kappa shape index (κ3) is 1.60. The van der Waals surface area contributed by atoms with Crippen LogP contribution in [0.2, 0.25) is 0 Å². The molecule has 0 heterocycles. The third-order valence-electron chi connectivity index (χ3n) is 2.71. The maximum atomic E-state index is 11.8. The first-order valence-corrected chi connectivity index (χ1v) is 4.80. The SMILES string of the molecule is CC(=O)C1CC1C(=O)c1ccccc1. The van der Waals surface area contributed by atoms with Gasteiger partial charge in [-0.15, -0.1) is 0 Å². The predicted octanol–water partition coefficient (Wildman–Crippen LogP) is 2.09. The normalized spacial score (nSPS) is 24.4. The van der Waals surface area contributed by atoms with Crippen molar-refractivity contribution < 1.29 is 9.59 Å². The highest BCUT2D eigenvalue weighted by Crippen LogP contribution is 2.41. The Labute approximate surface area is 82.9 Å². The van der Waals surface area contributed by atoms with Crippen molar-refractivity contribution in [1.82, 2.24) is 0 Å². The molecule has 1 fully saturated rings. The van der Waals surface area contributed by atoms with E-state index in [0.717, 1.165) is 12.0 Å². The molecule has 1 aromatic rings. The molecule has 0 spiro atoms. The highest BCUT2D eigenvalue weighted by Gasteiger charge is 2.45. The van der Waals surface area contributed by atoms with Gasteiger partial charge in [-0.2, -0.15) is 0 Å². The van der Waals surface area contributed by atoms with Crippen molar-refractivity contribution in [3.63, 3.8) is 0 Å². The minimum absolute atomic E-state index is 0.0114. The fraction of sp³-hybridized carbons (Fsp3) is 0.333. The second kappa shape index (κ2) is 3.37. The van der Waals surface area contributed by atoms with E-state index < -0.39 is 0 Å². The third-order valence-corrected chi connectivity index (χ3v) is 2.71. The lowest BCUT2D eigenvalue weighted by atomic mass is 10.1. The van der Waals surface area contributed by atoms with Crippen molar-refractivity contribution in [2.75, 3.05) is 0 Å². The number of benzene rings is 1. The fourth-order valence-electron chi connectivity index (χ4n) is 1.75. The van der Waals surface area contributed by atoms with Crippen LogP contribution in [-0.4, -0.2) is 11.6 Å². The molecule has 2 unspecified atom stereocenters. The lowest BCUT2D eigenvalue weighted by molar-refractivity contribution is -0.118. The summed E-state index contributed by atoms with van der Waals surface area (Å²) in [6.45, 7) is 1.56. The summed E-state index contributed by atoms with van der Waals surface area (Å²) < 4.78 is 0. The van der Waals surface area contributed by atoms with Gasteiger partial charge in [0.05, 0.1) is 0 Å². The molecule has 0 bridgehead atoms. The van der Waals surface area contributed by atoms with Crippen LogP contribution in [-0.2, 0) is 4.79 Å². The Balaban J connectivity index is 2.09. The maximum Gasteiger partial charge on any atom is 0.166 e. The Hall–Kier alpha value is -1.44. The first-order chi connectivity index (χ1) is 6.70. The number of carbonyl (C=O) groups excluding carboxylic acids is 2. The largest absolute Gasteiger partial charge is 0.300 e. The molecule has 0 saturated heterocycles. The van der Waals surface area contributed by atoms with E-state index in [0.29, 0.717) is 0 Å². The first-order valence-electron chi connectivity index (χ1n) is 4.80. The Kier molecular flexibility index (Phi) is 2.20. The van der Waals surface area contributed by atoms with Crippen LogP contribution in [0.4, 0.5) is 0 Å². The fourth-order valence-corrected chi connectivity index (χ4v) is 1.75. The molecule has 1 aliphatic rings. The van der Waals surface area contributed by atoms with Crippen LogP contribution < -0.4 is 0 Å². The summed E-state index contributed by atoms with van der Waals surface area (Å²) in [6.07, 6.45) is 0.739. The Morgan fingerprint density at radius 3 is 2.29 bits per heavy atom. The number of Topliss-reactive ketones (excluding diaryl/α,β-unsaturated/α-hetero) is 2. The van der Waals surface area contributed by atoms with Gasteiger partial charge in [-0.05, 0) is 13.3 Å². The topological polar surface area (TPSA) is 34.1 Å². The van der Waals surface area contributed by atoms with Crippen molar-refractivity contribution in [1.29, 1.82) is 0 Å². The summed E-state index contributed by atoms with van der Waals surface area (Å²) in [5.74, 6) is 0.197. The predicted molar refractivity (Wildman–Crippen MR) is 53.1 cm³/mol. The van der Waals surface area contributed by atoms with Crippen molar-refractivity contribution in [3.05, 3.63) is 35.9 Å². The Morgan fingerprint density at radius 1 is 1.14 bits per heavy atom. The van der Waals surface area contributed by atoms with Crippen LogP contribution in [0.3, 0.4) is 0 Å². The molecule has 2 heteroatoms. The molecular weight excluding hydrogens is 176 g/mol. The van der Waals surface area contributed by atoms with Gasteiger partial charge in [-0.25, -0.2) is 0 Å². The van der Waals surface area contributed by atoms with Gasteiger partial charge in [0.2, 0.25) is 0 Å². The van der Waals surface area contributed by atoms with Crippen LogP contribution in [0.1, 0.15) is 23.7 Å². The summed E-state index contributed by atoms with van der Waals surface area (Å²) in [7, 11) is 0. The maximum absolute atomic E-state index is 11.8. The quantitative estimate of drug-likeness (QED) is 0.681. The smallest absolute Gasteiger partial charge is 0.166 e. The van der Waals surface area contributed by atoms with E-state index in [4.69, 9.17) is 0 Å². The monoisotopic (exact) mass is 188 g/mol. The Morgan fingerprint density at radius 2 is 1.79 bits per heavy atom. The molecule has 2 nitrogen and oxygen atoms in total. The molecule has 1 aromatic carbocycles. The van der Waals surface area contributed by atoms with Gasteiger partial charge in [0.15, 0.2) is 5.78 Å². The van der Waals surface area contributed by atoms with Gasteiger partial charge in [0.1, 0.15) is 5.78 Å². The molecule has 0 amide bonds. The minimum atomic E-state index is -0.0464. The first kappa shape index (κ1) is 9.13. The zero-order chi connectivity index (χ0) is 10.1. The highest BCUT2D eigenvalue weighted by atomic mass is 16.1. The summed E-state index contributed by atoms with van der Waals surface area (Å²) in [5.41, 5.74) is 0.723. The number of rotatable bonds is 3. The number of hydrogen-bond donors (Lipinski definition) is 0. The molecule has 2 atom stereocenters. The number of hydrogen-bond acceptors (Lipinski definition) is 2. The van der Waals surface area contributed by atoms with Gasteiger partial charge in [0, 0.05) is 17.4 Å². The molecule has 0 N–H and O–H groups in total. The van der Waals surface area contributed by atoms with Crippen LogP contribution in [0, 0.1) is 11.8 Å². The van der Waals surface area contributed by atoms with Crippen LogP contribution >= 0.6 is 0 Å². The molecule has 0 aromatic heterocycles. The second-order valence-corrected chi connectivity index (χ2v) is 3.79. The lowest BCUT2D eigenvalue weighted by Gasteiger charge is -1.97. The van der Waals surface area contributed by atoms with Crippen molar-refractivity contribution in [2.24, 2.45) is 11.8 Å². The van der Waals surface area contributed by atoms with Crippen molar-refractivity contribution in [3.8, 4) is 0 Å². The van der Waals surface area contributed by atoms with E-state index in [1.807, 2.05) is 18.2 Å². The molecule has 1 aliphatic carbocycles. The lowest BCUT2D eigenvalue weighted by Crippen LogP contribution is -2.06. The van der Waals surface area contributed by atoms with Gasteiger partial charge >= 0.3 is 0 Å². The van der Waals surface area contributed by atoms with E-state index in [-0.39, 0.29) is 23.4 Å². The molecule has 72 valence electrons. The van der Waals surface area contributed by atoms with E-state index in [1.165, 1.54) is 0 Å². The van der Waals surface area contributed by atoms with E-state index in [2.05, 4.69) is 0 Å². The standard InChI is InChI=1S/C12H12O2/c1-8(13)10-7-11(10)12(14)9-5-3-2-4-6-9/h2-6,10-11H,7H2,1H3. The minimum Gasteiger partial charge on any atom is -0.300 e. The van der Waals surface area contributed by atoms with Crippen LogP contribution in [0.15, 0.2) is 30.3 Å². The van der Waals surface area contributed by atoms with Gasteiger partial charge in [0.25, 0.3) is 0 Å². The molecule has 0 radical (unpaired) electrons. The molecular formula is C12H12O2. The highest BCUT2D eigenvalue weighted by molar-refractivity contribution is 6.03. The average molecular weight is 188 g/mol.